The first-order chi connectivity index (χ1) is 8.67. The number of aromatic nitrogens is 2. The molecule has 19 heavy (non-hydrogen) atoms. The number of hydrogen-bond acceptors (Lipinski definition) is 2. The van der Waals surface area contributed by atoms with Crippen LogP contribution in [0.5, 0.6) is 0 Å². The molecule has 1 N–H and O–H groups in total. The first-order valence-corrected chi connectivity index (χ1v) is 6.58. The fourth-order valence-electron chi connectivity index (χ4n) is 1.76. The summed E-state index contributed by atoms with van der Waals surface area (Å²) in [6, 6.07) is 0. The molecule has 1 rings (SSSR count). The van der Waals surface area contributed by atoms with E-state index in [4.69, 9.17) is 0 Å². The molecule has 0 aliphatic heterocycles. The maximum atomic E-state index is 4.28. The zero-order valence-corrected chi connectivity index (χ0v) is 14.7. The first-order valence-electron chi connectivity index (χ1n) is 6.58. The molecule has 0 saturated heterocycles. The molecular formula is C13H26IN5. The van der Waals surface area contributed by atoms with E-state index in [0.29, 0.717) is 0 Å². The van der Waals surface area contributed by atoms with Crippen LogP contribution in [0.25, 0.3) is 0 Å². The summed E-state index contributed by atoms with van der Waals surface area (Å²) in [5.41, 5.74) is 1.19. The Morgan fingerprint density at radius 2 is 2.26 bits per heavy atom. The topological polar surface area (TPSA) is 45.5 Å². The van der Waals surface area contributed by atoms with Crippen molar-refractivity contribution in [1.29, 1.82) is 0 Å². The molecule has 0 spiro atoms. The molecule has 0 saturated carbocycles. The molecule has 0 unspecified atom stereocenters. The van der Waals surface area contributed by atoms with Crippen LogP contribution >= 0.6 is 24.0 Å². The van der Waals surface area contributed by atoms with Gasteiger partial charge in [0.2, 0.25) is 0 Å². The highest BCUT2D eigenvalue weighted by atomic mass is 127. The van der Waals surface area contributed by atoms with E-state index in [1.165, 1.54) is 18.4 Å². The fourth-order valence-corrected chi connectivity index (χ4v) is 1.76. The van der Waals surface area contributed by atoms with Crippen LogP contribution in [0.3, 0.4) is 0 Å². The molecule has 0 aliphatic rings. The van der Waals surface area contributed by atoms with Crippen LogP contribution in [0.2, 0.25) is 0 Å². The average Bonchev–Trinajstić information content (AvgIpc) is 2.77. The molecule has 1 aromatic rings. The minimum Gasteiger partial charge on any atom is -0.354 e. The predicted octanol–water partition coefficient (Wildman–Crippen LogP) is 2.12. The minimum atomic E-state index is 0. The van der Waals surface area contributed by atoms with Gasteiger partial charge in [0, 0.05) is 33.4 Å². The van der Waals surface area contributed by atoms with Crippen LogP contribution in [0.1, 0.15) is 25.3 Å². The molecule has 5 nitrogen and oxygen atoms in total. The lowest BCUT2D eigenvalue weighted by molar-refractivity contribution is 0.460. The van der Waals surface area contributed by atoms with E-state index < -0.39 is 0 Å². The van der Waals surface area contributed by atoms with Crippen molar-refractivity contribution in [3.8, 4) is 0 Å². The zero-order chi connectivity index (χ0) is 13.4. The van der Waals surface area contributed by atoms with Gasteiger partial charge in [-0.15, -0.1) is 24.0 Å². The molecule has 0 fully saturated rings. The quantitative estimate of drug-likeness (QED) is 0.468. The number of aryl methyl sites for hydroxylation is 1. The molecular weight excluding hydrogens is 353 g/mol. The van der Waals surface area contributed by atoms with Crippen molar-refractivity contribution in [2.75, 3.05) is 27.2 Å². The van der Waals surface area contributed by atoms with Crippen molar-refractivity contribution in [1.82, 2.24) is 20.0 Å². The fraction of sp³-hybridized carbons (Fsp3) is 0.692. The normalized spacial score (nSPS) is 11.1. The van der Waals surface area contributed by atoms with Crippen LogP contribution in [0.15, 0.2) is 17.4 Å². The molecule has 0 atom stereocenters. The maximum absolute atomic E-state index is 4.28. The number of hydrogen-bond donors (Lipinski definition) is 1. The molecule has 110 valence electrons. The Labute approximate surface area is 133 Å². The molecule has 6 heteroatoms. The van der Waals surface area contributed by atoms with Gasteiger partial charge in [0.1, 0.15) is 0 Å². The second kappa shape index (κ2) is 10.1. The van der Waals surface area contributed by atoms with Gasteiger partial charge in [-0.05, 0) is 18.9 Å². The van der Waals surface area contributed by atoms with Crippen molar-refractivity contribution in [3.05, 3.63) is 18.0 Å². The largest absolute Gasteiger partial charge is 0.354 e. The van der Waals surface area contributed by atoms with Gasteiger partial charge < -0.3 is 10.2 Å². The summed E-state index contributed by atoms with van der Waals surface area (Å²) in [5.74, 6) is 0.951. The number of aliphatic imine (C=N–C) groups is 1. The van der Waals surface area contributed by atoms with Gasteiger partial charge in [-0.3, -0.25) is 9.67 Å². The highest BCUT2D eigenvalue weighted by molar-refractivity contribution is 14.0. The molecule has 0 bridgehead atoms. The second-order valence-electron chi connectivity index (χ2n) is 4.53. The number of nitrogens with one attached hydrogen (secondary N) is 1. The van der Waals surface area contributed by atoms with Crippen LogP contribution < -0.4 is 5.32 Å². The Balaban J connectivity index is 0.00000324. The van der Waals surface area contributed by atoms with Gasteiger partial charge in [0.05, 0.1) is 12.7 Å². The predicted molar refractivity (Wildman–Crippen MR) is 91.3 cm³/mol. The van der Waals surface area contributed by atoms with E-state index in [0.717, 1.165) is 25.6 Å². The Morgan fingerprint density at radius 3 is 2.79 bits per heavy atom. The summed E-state index contributed by atoms with van der Waals surface area (Å²) in [6.45, 7) is 6.98. The van der Waals surface area contributed by atoms with Crippen LogP contribution in [-0.4, -0.2) is 47.8 Å². The number of unbranched alkanes of at least 4 members (excludes halogenated alkanes) is 1. The van der Waals surface area contributed by atoms with Gasteiger partial charge in [-0.1, -0.05) is 13.3 Å². The van der Waals surface area contributed by atoms with Crippen LogP contribution in [0, 0.1) is 6.92 Å². The molecule has 0 aliphatic carbocycles. The Kier molecular flexibility index (Phi) is 9.63. The third-order valence-corrected chi connectivity index (χ3v) is 2.81. The van der Waals surface area contributed by atoms with E-state index >= 15 is 0 Å². The van der Waals surface area contributed by atoms with Gasteiger partial charge in [-0.2, -0.15) is 5.10 Å². The number of nitrogens with zero attached hydrogens (tertiary/aromatic N) is 4. The van der Waals surface area contributed by atoms with Gasteiger partial charge in [-0.25, -0.2) is 0 Å². The zero-order valence-electron chi connectivity index (χ0n) is 12.4. The SMILES string of the molecule is CCCCN(C)C(=NC)NCCn1cc(C)cn1.I. The summed E-state index contributed by atoms with van der Waals surface area (Å²) in [5, 5.41) is 7.61. The second-order valence-corrected chi connectivity index (χ2v) is 4.53. The van der Waals surface area contributed by atoms with Gasteiger partial charge in [0.25, 0.3) is 0 Å². The molecule has 0 radical (unpaired) electrons. The van der Waals surface area contributed by atoms with Crippen molar-refractivity contribution in [3.63, 3.8) is 0 Å². The van der Waals surface area contributed by atoms with Crippen LogP contribution in [-0.2, 0) is 6.54 Å². The summed E-state index contributed by atoms with van der Waals surface area (Å²) < 4.78 is 1.95. The van der Waals surface area contributed by atoms with Gasteiger partial charge in [0.15, 0.2) is 5.96 Å². The van der Waals surface area contributed by atoms with E-state index in [1.807, 2.05) is 31.0 Å². The number of rotatable bonds is 6. The molecule has 1 aromatic heterocycles. The highest BCUT2D eigenvalue weighted by Gasteiger charge is 2.04. The molecule has 1 heterocycles. The highest BCUT2D eigenvalue weighted by Crippen LogP contribution is 1.94. The lowest BCUT2D eigenvalue weighted by atomic mass is 10.3. The average molecular weight is 379 g/mol. The van der Waals surface area contributed by atoms with Crippen molar-refractivity contribution in [2.24, 2.45) is 4.99 Å². The van der Waals surface area contributed by atoms with Crippen molar-refractivity contribution < 1.29 is 0 Å². The standard InChI is InChI=1S/C13H25N5.HI/c1-5-6-8-17(4)13(14-3)15-7-9-18-11-12(2)10-16-18;/h10-11H,5-9H2,1-4H3,(H,14,15);1H. The van der Waals surface area contributed by atoms with E-state index in [9.17, 15) is 0 Å². The maximum Gasteiger partial charge on any atom is 0.193 e. The minimum absolute atomic E-state index is 0. The summed E-state index contributed by atoms with van der Waals surface area (Å²) in [7, 11) is 3.89. The first kappa shape index (κ1) is 18.2. The smallest absolute Gasteiger partial charge is 0.193 e. The molecule has 0 aromatic carbocycles. The van der Waals surface area contributed by atoms with Crippen molar-refractivity contribution in [2.45, 2.75) is 33.2 Å². The Bertz CT molecular complexity index is 375. The summed E-state index contributed by atoms with van der Waals surface area (Å²) in [6.07, 6.45) is 6.32. The van der Waals surface area contributed by atoms with E-state index in [2.05, 4.69) is 34.3 Å². The van der Waals surface area contributed by atoms with Crippen molar-refractivity contribution >= 4 is 29.9 Å². The van der Waals surface area contributed by atoms with E-state index in [1.54, 1.807) is 0 Å². The molecule has 0 amide bonds. The van der Waals surface area contributed by atoms with Crippen LogP contribution in [0.4, 0.5) is 0 Å². The summed E-state index contributed by atoms with van der Waals surface area (Å²) >= 11 is 0. The third kappa shape index (κ3) is 6.79. The van der Waals surface area contributed by atoms with E-state index in [-0.39, 0.29) is 24.0 Å². The third-order valence-electron chi connectivity index (χ3n) is 2.81. The lowest BCUT2D eigenvalue weighted by Gasteiger charge is -2.21. The Hall–Kier alpha value is -0.790. The lowest BCUT2D eigenvalue weighted by Crippen LogP contribution is -2.40. The Morgan fingerprint density at radius 1 is 1.53 bits per heavy atom. The number of halogens is 1. The van der Waals surface area contributed by atoms with Gasteiger partial charge >= 0.3 is 0 Å². The monoisotopic (exact) mass is 379 g/mol. The summed E-state index contributed by atoms with van der Waals surface area (Å²) in [4.78, 5) is 6.44. The number of guanidine groups is 1.